The Morgan fingerprint density at radius 2 is 1.23 bits per heavy atom. The Bertz CT molecular complexity index is 1550. The van der Waals surface area contributed by atoms with Crippen LogP contribution in [0.1, 0.15) is 83.1 Å². The highest BCUT2D eigenvalue weighted by Gasteiger charge is 2.27. The van der Waals surface area contributed by atoms with Crippen LogP contribution in [0.5, 0.6) is 5.75 Å². The van der Waals surface area contributed by atoms with Gasteiger partial charge >= 0.3 is 24.2 Å². The van der Waals surface area contributed by atoms with Crippen LogP contribution in [0.2, 0.25) is 0 Å². The third-order valence-electron chi connectivity index (χ3n) is 6.49. The highest BCUT2D eigenvalue weighted by Crippen LogP contribution is 2.23. The first-order valence-electron chi connectivity index (χ1n) is 17.0. The molecule has 3 amide bonds. The maximum Gasteiger partial charge on any atom is 0.437 e. The fraction of sp³-hybridized carbons (Fsp3) is 0.639. The molecule has 2 rings (SSSR count). The highest BCUT2D eigenvalue weighted by molar-refractivity contribution is 5.75. The zero-order valence-electron chi connectivity index (χ0n) is 32.9. The number of hydrogen-bond acceptors (Lipinski definition) is 11. The van der Waals surface area contributed by atoms with Gasteiger partial charge in [-0.05, 0) is 113 Å². The minimum atomic E-state index is -1.13. The SMILES string of the molecule is Cn1c(-c2ccc(OC[C@H](ON)C(=O)OC(C)(C)C)cc2)cn(CC(CNC(=O)OC(C)(C)C)CNC(=O)OC(C)(C)C)c1=NC(=O)OC(C)(C)C. The van der Waals surface area contributed by atoms with Gasteiger partial charge in [-0.3, -0.25) is 4.84 Å². The third-order valence-corrected chi connectivity index (χ3v) is 6.49. The molecule has 52 heavy (non-hydrogen) atoms. The number of imidazole rings is 1. The molecule has 2 aromatic rings. The van der Waals surface area contributed by atoms with E-state index >= 15 is 0 Å². The van der Waals surface area contributed by atoms with Crippen LogP contribution in [0.3, 0.4) is 0 Å². The lowest BCUT2D eigenvalue weighted by Gasteiger charge is -2.24. The fourth-order valence-corrected chi connectivity index (χ4v) is 4.49. The number of hydrogen-bond donors (Lipinski definition) is 3. The molecular weight excluding hydrogens is 676 g/mol. The summed E-state index contributed by atoms with van der Waals surface area (Å²) in [6, 6.07) is 7.00. The van der Waals surface area contributed by atoms with Crippen LogP contribution in [0.25, 0.3) is 11.3 Å². The fourth-order valence-electron chi connectivity index (χ4n) is 4.49. The molecule has 0 aliphatic rings. The summed E-state index contributed by atoms with van der Waals surface area (Å²) in [6.45, 7) is 21.2. The molecule has 1 atom stereocenters. The maximum atomic E-state index is 12.9. The van der Waals surface area contributed by atoms with Gasteiger partial charge in [0.2, 0.25) is 11.7 Å². The van der Waals surface area contributed by atoms with Crippen molar-refractivity contribution in [3.05, 3.63) is 36.1 Å². The van der Waals surface area contributed by atoms with Gasteiger partial charge in [0.15, 0.2) is 0 Å². The molecule has 0 radical (unpaired) electrons. The van der Waals surface area contributed by atoms with E-state index in [0.717, 1.165) is 5.56 Å². The molecule has 16 heteroatoms. The topological polar surface area (TPSA) is 196 Å². The first-order valence-corrected chi connectivity index (χ1v) is 17.0. The zero-order valence-corrected chi connectivity index (χ0v) is 32.9. The molecule has 16 nitrogen and oxygen atoms in total. The number of carbonyl (C=O) groups is 4. The van der Waals surface area contributed by atoms with Crippen molar-refractivity contribution >= 4 is 24.2 Å². The molecule has 0 saturated heterocycles. The van der Waals surface area contributed by atoms with Crippen LogP contribution in [0, 0.1) is 5.92 Å². The van der Waals surface area contributed by atoms with Crippen molar-refractivity contribution in [1.29, 1.82) is 0 Å². The van der Waals surface area contributed by atoms with Crippen molar-refractivity contribution in [2.45, 2.75) is 118 Å². The summed E-state index contributed by atoms with van der Waals surface area (Å²) in [5, 5.41) is 5.54. The van der Waals surface area contributed by atoms with E-state index in [1.807, 2.05) is 0 Å². The van der Waals surface area contributed by atoms with Gasteiger partial charge in [0.1, 0.15) is 34.8 Å². The third kappa shape index (κ3) is 16.2. The average Bonchev–Trinajstić information content (AvgIpc) is 3.25. The van der Waals surface area contributed by atoms with Gasteiger partial charge in [-0.15, -0.1) is 4.99 Å². The van der Waals surface area contributed by atoms with E-state index in [1.165, 1.54) is 0 Å². The summed E-state index contributed by atoms with van der Waals surface area (Å²) in [5.74, 6) is 4.71. The molecule has 292 valence electrons. The van der Waals surface area contributed by atoms with Gasteiger partial charge in [0, 0.05) is 38.8 Å². The number of benzene rings is 1. The molecule has 0 saturated carbocycles. The summed E-state index contributed by atoms with van der Waals surface area (Å²) >= 11 is 0. The number of nitrogens with two attached hydrogens (primary N) is 1. The lowest BCUT2D eigenvalue weighted by molar-refractivity contribution is -0.170. The second-order valence-corrected chi connectivity index (χ2v) is 16.2. The molecular formula is C36H58N6O10. The molecule has 0 unspecified atom stereocenters. The van der Waals surface area contributed by atoms with Gasteiger partial charge in [0.05, 0.1) is 5.69 Å². The molecule has 0 fully saturated rings. The standard InChI is InChI=1S/C36H58N6O10/c1-33(2,3)48-28(43)27(52-37)22-47-25-16-14-24(15-17-25)26-21-42(29(41(26)13)40-32(46)51-36(10,11)12)20-23(18-38-30(44)49-34(4,5)6)19-39-31(45)50-35(7,8)9/h14-17,21,23,27H,18-20,22,37H2,1-13H3,(H,38,44)(H,39,45)/t27-/m0/s1. The minimum absolute atomic E-state index is 0.108. The Labute approximate surface area is 306 Å². The Balaban J connectivity index is 2.46. The van der Waals surface area contributed by atoms with Crippen LogP contribution < -0.4 is 26.9 Å². The quantitative estimate of drug-likeness (QED) is 0.151. The molecule has 4 N–H and O–H groups in total. The summed E-state index contributed by atoms with van der Waals surface area (Å²) in [4.78, 5) is 59.6. The van der Waals surface area contributed by atoms with E-state index in [2.05, 4.69) is 15.6 Å². The number of amides is 3. The molecule has 0 spiro atoms. The lowest BCUT2D eigenvalue weighted by Crippen LogP contribution is -2.42. The van der Waals surface area contributed by atoms with Crippen molar-refractivity contribution in [2.24, 2.45) is 23.9 Å². The van der Waals surface area contributed by atoms with Crippen molar-refractivity contribution < 1.29 is 47.7 Å². The average molecular weight is 735 g/mol. The maximum absolute atomic E-state index is 12.9. The summed E-state index contributed by atoms with van der Waals surface area (Å²) in [6.07, 6.45) is -1.37. The monoisotopic (exact) mass is 734 g/mol. The van der Waals surface area contributed by atoms with E-state index in [0.29, 0.717) is 11.4 Å². The van der Waals surface area contributed by atoms with Crippen molar-refractivity contribution in [1.82, 2.24) is 19.8 Å². The van der Waals surface area contributed by atoms with Gasteiger partial charge < -0.3 is 43.5 Å². The Kier molecular flexibility index (Phi) is 14.9. The summed E-state index contributed by atoms with van der Waals surface area (Å²) in [5.41, 5.74) is -1.27. The number of nitrogens with one attached hydrogen (secondary N) is 2. The first-order chi connectivity index (χ1) is 23.7. The molecule has 0 aliphatic carbocycles. The number of carbonyl (C=O) groups excluding carboxylic acids is 4. The van der Waals surface area contributed by atoms with E-state index < -0.39 is 58.7 Å². The number of alkyl carbamates (subject to hydrolysis) is 2. The Morgan fingerprint density at radius 3 is 1.67 bits per heavy atom. The Hall–Kier alpha value is -4.57. The largest absolute Gasteiger partial charge is 0.490 e. The molecule has 1 heterocycles. The predicted octanol–water partition coefficient (Wildman–Crippen LogP) is 4.97. The lowest BCUT2D eigenvalue weighted by atomic mass is 10.1. The number of aromatic nitrogens is 2. The molecule has 0 bridgehead atoms. The van der Waals surface area contributed by atoms with Crippen LogP contribution in [0.4, 0.5) is 14.4 Å². The van der Waals surface area contributed by atoms with Gasteiger partial charge in [-0.25, -0.2) is 25.1 Å². The highest BCUT2D eigenvalue weighted by atomic mass is 16.7. The first kappa shape index (κ1) is 43.6. The smallest absolute Gasteiger partial charge is 0.437 e. The zero-order chi connectivity index (χ0) is 39.7. The Morgan fingerprint density at radius 1 is 0.750 bits per heavy atom. The van der Waals surface area contributed by atoms with E-state index in [9.17, 15) is 19.2 Å². The van der Waals surface area contributed by atoms with Gasteiger partial charge in [-0.2, -0.15) is 0 Å². The van der Waals surface area contributed by atoms with E-state index in [4.69, 9.17) is 34.4 Å². The second kappa shape index (κ2) is 17.8. The second-order valence-electron chi connectivity index (χ2n) is 16.2. The van der Waals surface area contributed by atoms with Gasteiger partial charge in [0.25, 0.3) is 0 Å². The van der Waals surface area contributed by atoms with Crippen LogP contribution in [-0.4, -0.2) is 81.6 Å². The van der Waals surface area contributed by atoms with Crippen LogP contribution in [-0.2, 0) is 42.2 Å². The molecule has 1 aromatic carbocycles. The molecule has 0 aliphatic heterocycles. The number of esters is 1. The van der Waals surface area contributed by atoms with Crippen molar-refractivity contribution in [3.8, 4) is 17.0 Å². The van der Waals surface area contributed by atoms with Crippen LogP contribution in [0.15, 0.2) is 35.5 Å². The van der Waals surface area contributed by atoms with E-state index in [-0.39, 0.29) is 31.9 Å². The number of rotatable bonds is 12. The summed E-state index contributed by atoms with van der Waals surface area (Å²) in [7, 11) is 1.75. The predicted molar refractivity (Wildman–Crippen MR) is 193 cm³/mol. The van der Waals surface area contributed by atoms with Crippen molar-refractivity contribution in [3.63, 3.8) is 0 Å². The van der Waals surface area contributed by atoms with Crippen molar-refractivity contribution in [2.75, 3.05) is 19.7 Å². The van der Waals surface area contributed by atoms with E-state index in [1.54, 1.807) is 130 Å². The van der Waals surface area contributed by atoms with Crippen LogP contribution >= 0.6 is 0 Å². The normalized spacial score (nSPS) is 13.3. The minimum Gasteiger partial charge on any atom is -0.490 e. The summed E-state index contributed by atoms with van der Waals surface area (Å²) < 4.78 is 30.9. The van der Waals surface area contributed by atoms with Gasteiger partial charge in [-0.1, -0.05) is 0 Å². The number of nitrogens with zero attached hydrogens (tertiary/aromatic N) is 3. The molecule has 1 aromatic heterocycles. The number of ether oxygens (including phenoxy) is 5.